The molecule has 1 amide bonds. The molecule has 1 aromatic rings. The molecule has 0 bridgehead atoms. The third-order valence-corrected chi connectivity index (χ3v) is 2.26. The van der Waals surface area contributed by atoms with Crippen molar-refractivity contribution >= 4 is 11.6 Å². The van der Waals surface area contributed by atoms with Gasteiger partial charge in [0.2, 0.25) is 5.91 Å². The number of carbonyl (C=O) groups excluding carboxylic acids is 1. The topological polar surface area (TPSA) is 29.1 Å². The van der Waals surface area contributed by atoms with Gasteiger partial charge in [-0.15, -0.1) is 0 Å². The predicted molar refractivity (Wildman–Crippen MR) is 52.5 cm³/mol. The molecule has 14 heavy (non-hydrogen) atoms. The van der Waals surface area contributed by atoms with Gasteiger partial charge in [-0.3, -0.25) is 4.79 Å². The third-order valence-electron chi connectivity index (χ3n) is 2.26. The van der Waals surface area contributed by atoms with E-state index in [1.807, 2.05) is 0 Å². The monoisotopic (exact) mass is 193 g/mol. The van der Waals surface area contributed by atoms with Gasteiger partial charge >= 0.3 is 0 Å². The lowest BCUT2D eigenvalue weighted by atomic mass is 10.2. The quantitative estimate of drug-likeness (QED) is 0.768. The first-order chi connectivity index (χ1) is 6.65. The van der Waals surface area contributed by atoms with Crippen molar-refractivity contribution in [3.63, 3.8) is 0 Å². The second-order valence-electron chi connectivity index (χ2n) is 3.78. The molecule has 0 unspecified atom stereocenters. The van der Waals surface area contributed by atoms with E-state index in [0.717, 1.165) is 18.4 Å². The van der Waals surface area contributed by atoms with Gasteiger partial charge in [0.25, 0.3) is 0 Å². The van der Waals surface area contributed by atoms with Crippen LogP contribution in [0.15, 0.2) is 18.2 Å². The van der Waals surface area contributed by atoms with E-state index in [4.69, 9.17) is 0 Å². The predicted octanol–water partition coefficient (Wildman–Crippen LogP) is 2.48. The second kappa shape index (κ2) is 3.40. The molecule has 1 aliphatic carbocycles. The molecule has 0 heterocycles. The van der Waals surface area contributed by atoms with Gasteiger partial charge < -0.3 is 5.32 Å². The van der Waals surface area contributed by atoms with Crippen molar-refractivity contribution in [3.8, 4) is 0 Å². The summed E-state index contributed by atoms with van der Waals surface area (Å²) in [5.41, 5.74) is 1.37. The first-order valence-electron chi connectivity index (χ1n) is 4.73. The average molecular weight is 193 g/mol. The Morgan fingerprint density at radius 1 is 1.43 bits per heavy atom. The second-order valence-corrected chi connectivity index (χ2v) is 3.78. The van der Waals surface area contributed by atoms with E-state index in [1.165, 1.54) is 12.1 Å². The fourth-order valence-corrected chi connectivity index (χ4v) is 1.40. The van der Waals surface area contributed by atoms with Crippen molar-refractivity contribution in [2.24, 2.45) is 5.92 Å². The van der Waals surface area contributed by atoms with Crippen LogP contribution < -0.4 is 5.32 Å². The van der Waals surface area contributed by atoms with E-state index in [-0.39, 0.29) is 17.6 Å². The van der Waals surface area contributed by atoms with Crippen LogP contribution in [0.1, 0.15) is 18.4 Å². The zero-order valence-electron chi connectivity index (χ0n) is 8.01. The molecule has 0 spiro atoms. The third kappa shape index (κ3) is 2.10. The van der Waals surface area contributed by atoms with Crippen molar-refractivity contribution < 1.29 is 9.18 Å². The maximum atomic E-state index is 12.9. The summed E-state index contributed by atoms with van der Waals surface area (Å²) < 4.78 is 12.9. The Hall–Kier alpha value is -1.38. The molecule has 1 aliphatic rings. The number of rotatable bonds is 2. The number of hydrogen-bond donors (Lipinski definition) is 1. The van der Waals surface area contributed by atoms with Crippen LogP contribution in [0.3, 0.4) is 0 Å². The molecule has 1 N–H and O–H groups in total. The molecule has 1 fully saturated rings. The molecule has 2 rings (SSSR count). The number of benzene rings is 1. The molecule has 1 saturated carbocycles. The minimum atomic E-state index is -0.309. The molecular weight excluding hydrogens is 181 g/mol. The molecule has 1 aromatic carbocycles. The zero-order chi connectivity index (χ0) is 10.1. The van der Waals surface area contributed by atoms with E-state index in [2.05, 4.69) is 5.32 Å². The van der Waals surface area contributed by atoms with Crippen molar-refractivity contribution in [1.29, 1.82) is 0 Å². The van der Waals surface area contributed by atoms with Crippen molar-refractivity contribution in [2.75, 3.05) is 5.32 Å². The summed E-state index contributed by atoms with van der Waals surface area (Å²) in [6, 6.07) is 4.55. The van der Waals surface area contributed by atoms with Gasteiger partial charge in [0.05, 0.1) is 0 Å². The molecule has 3 heteroatoms. The maximum Gasteiger partial charge on any atom is 0.227 e. The first kappa shape index (κ1) is 9.19. The Balaban J connectivity index is 2.11. The number of nitrogens with one attached hydrogen (secondary N) is 1. The maximum absolute atomic E-state index is 12.9. The smallest absolute Gasteiger partial charge is 0.227 e. The van der Waals surface area contributed by atoms with Crippen LogP contribution in [0.25, 0.3) is 0 Å². The highest BCUT2D eigenvalue weighted by molar-refractivity contribution is 5.94. The van der Waals surface area contributed by atoms with Crippen molar-refractivity contribution in [2.45, 2.75) is 19.8 Å². The van der Waals surface area contributed by atoms with Gasteiger partial charge in [-0.2, -0.15) is 0 Å². The van der Waals surface area contributed by atoms with E-state index < -0.39 is 0 Å². The number of anilines is 1. The standard InChI is InChI=1S/C11H12FNO/c1-7-4-9(12)6-10(5-7)13-11(14)8-2-3-8/h4-6,8H,2-3H2,1H3,(H,13,14). The lowest BCUT2D eigenvalue weighted by Gasteiger charge is -2.05. The van der Waals surface area contributed by atoms with Crippen molar-refractivity contribution in [1.82, 2.24) is 0 Å². The van der Waals surface area contributed by atoms with Crippen LogP contribution in [0.2, 0.25) is 0 Å². The number of hydrogen-bond acceptors (Lipinski definition) is 1. The lowest BCUT2D eigenvalue weighted by molar-refractivity contribution is -0.117. The molecule has 0 radical (unpaired) electrons. The Morgan fingerprint density at radius 2 is 2.14 bits per heavy atom. The molecule has 0 atom stereocenters. The molecule has 2 nitrogen and oxygen atoms in total. The van der Waals surface area contributed by atoms with E-state index in [1.54, 1.807) is 13.0 Å². The Labute approximate surface area is 82.1 Å². The van der Waals surface area contributed by atoms with Crippen molar-refractivity contribution in [3.05, 3.63) is 29.6 Å². The van der Waals surface area contributed by atoms with Gasteiger partial charge in [0, 0.05) is 11.6 Å². The van der Waals surface area contributed by atoms with Crippen LogP contribution >= 0.6 is 0 Å². The Bertz CT molecular complexity index is 351. The largest absolute Gasteiger partial charge is 0.326 e. The average Bonchev–Trinajstić information content (AvgIpc) is 2.82. The molecule has 74 valence electrons. The number of amides is 1. The molecule has 0 saturated heterocycles. The summed E-state index contributed by atoms with van der Waals surface area (Å²) in [5.74, 6) is -0.148. The van der Waals surface area contributed by atoms with Crippen LogP contribution in [-0.2, 0) is 4.79 Å². The number of carbonyl (C=O) groups is 1. The van der Waals surface area contributed by atoms with Crippen LogP contribution in [-0.4, -0.2) is 5.91 Å². The fraction of sp³-hybridized carbons (Fsp3) is 0.364. The highest BCUT2D eigenvalue weighted by Crippen LogP contribution is 2.30. The Morgan fingerprint density at radius 3 is 2.71 bits per heavy atom. The van der Waals surface area contributed by atoms with Gasteiger partial charge in [0.15, 0.2) is 0 Å². The van der Waals surface area contributed by atoms with Crippen LogP contribution in [0.5, 0.6) is 0 Å². The lowest BCUT2D eigenvalue weighted by Crippen LogP contribution is -2.13. The highest BCUT2D eigenvalue weighted by atomic mass is 19.1. The summed E-state index contributed by atoms with van der Waals surface area (Å²) >= 11 is 0. The molecule has 0 aromatic heterocycles. The minimum absolute atomic E-state index is 0.00926. The Kier molecular flexibility index (Phi) is 2.23. The van der Waals surface area contributed by atoms with Gasteiger partial charge in [-0.05, 0) is 43.5 Å². The number of halogens is 1. The summed E-state index contributed by atoms with van der Waals surface area (Å²) in [5, 5.41) is 2.71. The summed E-state index contributed by atoms with van der Waals surface area (Å²) in [6.07, 6.45) is 1.92. The summed E-state index contributed by atoms with van der Waals surface area (Å²) in [7, 11) is 0. The summed E-state index contributed by atoms with van der Waals surface area (Å²) in [4.78, 5) is 11.4. The fourth-order valence-electron chi connectivity index (χ4n) is 1.40. The van der Waals surface area contributed by atoms with Gasteiger partial charge in [-0.25, -0.2) is 4.39 Å². The van der Waals surface area contributed by atoms with E-state index in [9.17, 15) is 9.18 Å². The SMILES string of the molecule is Cc1cc(F)cc(NC(=O)C2CC2)c1. The van der Waals surface area contributed by atoms with E-state index in [0.29, 0.717) is 5.69 Å². The summed E-state index contributed by atoms with van der Waals surface area (Å²) in [6.45, 7) is 1.80. The number of aryl methyl sites for hydroxylation is 1. The minimum Gasteiger partial charge on any atom is -0.326 e. The van der Waals surface area contributed by atoms with Gasteiger partial charge in [-0.1, -0.05) is 0 Å². The highest BCUT2D eigenvalue weighted by Gasteiger charge is 2.29. The van der Waals surface area contributed by atoms with Crippen LogP contribution in [0.4, 0.5) is 10.1 Å². The normalized spacial score (nSPS) is 15.3. The molecule has 0 aliphatic heterocycles. The van der Waals surface area contributed by atoms with Crippen LogP contribution in [0, 0.1) is 18.7 Å². The first-order valence-corrected chi connectivity index (χ1v) is 4.73. The van der Waals surface area contributed by atoms with E-state index >= 15 is 0 Å². The molecular formula is C11H12FNO. The van der Waals surface area contributed by atoms with Gasteiger partial charge in [0.1, 0.15) is 5.82 Å². The zero-order valence-corrected chi connectivity index (χ0v) is 8.01.